The molecule has 0 spiro atoms. The van der Waals surface area contributed by atoms with Gasteiger partial charge in [0.1, 0.15) is 17.8 Å². The third-order valence-electron chi connectivity index (χ3n) is 5.65. The van der Waals surface area contributed by atoms with E-state index in [1.807, 2.05) is 0 Å². The Labute approximate surface area is 215 Å². The highest BCUT2D eigenvalue weighted by molar-refractivity contribution is 5.86. The van der Waals surface area contributed by atoms with E-state index in [0.717, 1.165) is 18.3 Å². The van der Waals surface area contributed by atoms with Crippen molar-refractivity contribution in [1.82, 2.24) is 24.7 Å². The Balaban J connectivity index is 1.55. The average molecular weight is 555 g/mol. The van der Waals surface area contributed by atoms with E-state index in [0.29, 0.717) is 16.5 Å². The summed E-state index contributed by atoms with van der Waals surface area (Å²) in [5.41, 5.74) is -4.24. The molecule has 0 saturated heterocycles. The second-order valence-corrected chi connectivity index (χ2v) is 8.46. The van der Waals surface area contributed by atoms with Crippen molar-refractivity contribution in [2.45, 2.75) is 38.3 Å². The van der Waals surface area contributed by atoms with E-state index in [9.17, 15) is 35.9 Å². The van der Waals surface area contributed by atoms with E-state index >= 15 is 0 Å². The van der Waals surface area contributed by atoms with E-state index in [2.05, 4.69) is 15.1 Å². The Bertz CT molecular complexity index is 1620. The quantitative estimate of drug-likeness (QED) is 0.327. The molecule has 0 aliphatic rings. The summed E-state index contributed by atoms with van der Waals surface area (Å²) in [5.74, 6) is -2.55. The molecule has 0 unspecified atom stereocenters. The highest BCUT2D eigenvalue weighted by atomic mass is 19.4. The lowest BCUT2D eigenvalue weighted by molar-refractivity contribution is -0.140. The zero-order valence-corrected chi connectivity index (χ0v) is 20.2. The number of methoxy groups -OCH3 is 1. The summed E-state index contributed by atoms with van der Waals surface area (Å²) in [6, 6.07) is 1.85. The van der Waals surface area contributed by atoms with Gasteiger partial charge >= 0.3 is 6.18 Å². The number of pyridine rings is 1. The lowest BCUT2D eigenvalue weighted by atomic mass is 10.1. The van der Waals surface area contributed by atoms with Crippen LogP contribution in [-0.2, 0) is 12.7 Å². The van der Waals surface area contributed by atoms with Gasteiger partial charge in [-0.2, -0.15) is 18.3 Å². The van der Waals surface area contributed by atoms with Crippen LogP contribution >= 0.6 is 0 Å². The molecule has 0 aliphatic heterocycles. The highest BCUT2D eigenvalue weighted by Crippen LogP contribution is 2.33. The summed E-state index contributed by atoms with van der Waals surface area (Å²) in [6.07, 6.45) is -4.74. The number of nitrogens with zero attached hydrogens (tertiary/aromatic N) is 4. The molecule has 0 aliphatic carbocycles. The van der Waals surface area contributed by atoms with Crippen LogP contribution in [0.25, 0.3) is 22.2 Å². The summed E-state index contributed by atoms with van der Waals surface area (Å²) >= 11 is 0. The number of nitrogens with one attached hydrogen (secondary N) is 1. The van der Waals surface area contributed by atoms with Crippen molar-refractivity contribution in [2.75, 3.05) is 7.11 Å². The zero-order chi connectivity index (χ0) is 28.5. The smallest absolute Gasteiger partial charge is 0.425 e. The monoisotopic (exact) mass is 555 g/mol. The van der Waals surface area contributed by atoms with Gasteiger partial charge in [-0.1, -0.05) is 0 Å². The number of aromatic amines is 1. The lowest BCUT2D eigenvalue weighted by Gasteiger charge is -2.19. The largest absolute Gasteiger partial charge is 0.494 e. The van der Waals surface area contributed by atoms with Crippen LogP contribution in [-0.4, -0.2) is 44.1 Å². The molecule has 9 nitrogen and oxygen atoms in total. The Morgan fingerprint density at radius 1 is 1.05 bits per heavy atom. The minimum atomic E-state index is -5.05. The van der Waals surface area contributed by atoms with Gasteiger partial charge in [0.25, 0.3) is 11.1 Å². The second-order valence-electron chi connectivity index (χ2n) is 8.46. The summed E-state index contributed by atoms with van der Waals surface area (Å²) < 4.78 is 94.9. The predicted octanol–water partition coefficient (Wildman–Crippen LogP) is 4.04. The van der Waals surface area contributed by atoms with Crippen molar-refractivity contribution in [3.8, 4) is 22.9 Å². The Morgan fingerprint density at radius 2 is 1.74 bits per heavy atom. The van der Waals surface area contributed by atoms with Crippen LogP contribution in [0.5, 0.6) is 11.5 Å². The van der Waals surface area contributed by atoms with Crippen molar-refractivity contribution < 1.29 is 35.8 Å². The van der Waals surface area contributed by atoms with Gasteiger partial charge in [-0.25, -0.2) is 28.2 Å². The van der Waals surface area contributed by atoms with Crippen LogP contribution in [0.4, 0.5) is 26.3 Å². The first kappa shape index (κ1) is 27.6. The average Bonchev–Trinajstić information content (AvgIpc) is 2.86. The van der Waals surface area contributed by atoms with Crippen LogP contribution in [0.2, 0.25) is 0 Å². The molecular formula is C24H19F6N5O4. The number of benzene rings is 1. The number of fused-ring (bicyclic) bond motifs is 1. The topological polar surface area (TPSA) is 112 Å². The molecule has 3 aromatic heterocycles. The number of aromatic nitrogens is 5. The van der Waals surface area contributed by atoms with Crippen molar-refractivity contribution in [1.29, 1.82) is 0 Å². The van der Waals surface area contributed by atoms with Crippen molar-refractivity contribution in [3.63, 3.8) is 0 Å². The first-order valence-corrected chi connectivity index (χ1v) is 11.2. The maximum atomic E-state index is 14.9. The summed E-state index contributed by atoms with van der Waals surface area (Å²) in [5, 5.41) is 4.29. The summed E-state index contributed by atoms with van der Waals surface area (Å²) in [6.45, 7) is 0.542. The Kier molecular flexibility index (Phi) is 7.60. The maximum absolute atomic E-state index is 14.9. The van der Waals surface area contributed by atoms with Gasteiger partial charge < -0.3 is 14.0 Å². The van der Waals surface area contributed by atoms with E-state index in [1.165, 1.54) is 26.4 Å². The first-order valence-electron chi connectivity index (χ1n) is 11.2. The van der Waals surface area contributed by atoms with E-state index in [4.69, 9.17) is 9.47 Å². The van der Waals surface area contributed by atoms with Crippen LogP contribution in [0, 0.1) is 11.6 Å². The van der Waals surface area contributed by atoms with E-state index in [-0.39, 0.29) is 22.2 Å². The molecule has 4 aromatic rings. The molecule has 39 heavy (non-hydrogen) atoms. The number of halogens is 6. The minimum absolute atomic E-state index is 0.0825. The standard InChI is InChI=1S/C24H19F6N5O4/c1-11(39-19-8-33-34-22(36)20(19)24(28,29)30)3-12(25)9-35-10-18(27)14-4-16(17(26)5-15(14)23(35)37)21-31-6-13(38-2)7-32-21/h4-8,10-12H,3,9H2,1-2H3,(H,34,36)/t11-,12-/m1/s1. The van der Waals surface area contributed by atoms with Gasteiger partial charge in [0.15, 0.2) is 22.9 Å². The maximum Gasteiger partial charge on any atom is 0.425 e. The molecule has 2 atom stereocenters. The lowest BCUT2D eigenvalue weighted by Crippen LogP contribution is -2.29. The molecular weight excluding hydrogens is 536 g/mol. The fourth-order valence-corrected chi connectivity index (χ4v) is 3.89. The van der Waals surface area contributed by atoms with Crippen LogP contribution in [0.1, 0.15) is 18.9 Å². The summed E-state index contributed by atoms with van der Waals surface area (Å²) in [7, 11) is 1.39. The van der Waals surface area contributed by atoms with Gasteiger partial charge in [0.2, 0.25) is 0 Å². The third-order valence-corrected chi connectivity index (χ3v) is 5.65. The Hall–Kier alpha value is -4.43. The molecule has 0 bridgehead atoms. The molecule has 1 aromatic carbocycles. The van der Waals surface area contributed by atoms with Crippen LogP contribution in [0.15, 0.2) is 46.5 Å². The molecule has 0 amide bonds. The van der Waals surface area contributed by atoms with Crippen LogP contribution in [0.3, 0.4) is 0 Å². The van der Waals surface area contributed by atoms with Crippen molar-refractivity contribution >= 4 is 10.8 Å². The number of rotatable bonds is 8. The van der Waals surface area contributed by atoms with Gasteiger partial charge in [0, 0.05) is 18.0 Å². The normalized spacial score (nSPS) is 13.3. The summed E-state index contributed by atoms with van der Waals surface area (Å²) in [4.78, 5) is 32.3. The minimum Gasteiger partial charge on any atom is -0.494 e. The van der Waals surface area contributed by atoms with Crippen LogP contribution < -0.4 is 20.6 Å². The number of H-pyrrole nitrogens is 1. The number of ether oxygens (including phenoxy) is 2. The molecule has 206 valence electrons. The first-order chi connectivity index (χ1) is 18.4. The van der Waals surface area contributed by atoms with Gasteiger partial charge in [-0.15, -0.1) is 0 Å². The molecule has 1 N–H and O–H groups in total. The molecule has 0 saturated carbocycles. The molecule has 0 fully saturated rings. The number of alkyl halides is 4. The number of hydrogen-bond donors (Lipinski definition) is 1. The van der Waals surface area contributed by atoms with E-state index < -0.39 is 65.5 Å². The fraction of sp³-hybridized carbons (Fsp3) is 0.292. The van der Waals surface area contributed by atoms with Gasteiger partial charge in [-0.3, -0.25) is 9.59 Å². The SMILES string of the molecule is COc1cnc(-c2cc3c(F)cn(C[C@H](F)C[C@@H](C)Oc4cn[nH]c(=O)c4C(F)(F)F)c(=O)c3cc2F)nc1. The molecule has 3 heterocycles. The van der Waals surface area contributed by atoms with Gasteiger partial charge in [0.05, 0.1) is 49.3 Å². The predicted molar refractivity (Wildman–Crippen MR) is 125 cm³/mol. The number of hydrogen-bond acceptors (Lipinski definition) is 7. The molecule has 0 radical (unpaired) electrons. The Morgan fingerprint density at radius 3 is 2.38 bits per heavy atom. The second kappa shape index (κ2) is 10.7. The molecule has 4 rings (SSSR count). The van der Waals surface area contributed by atoms with Gasteiger partial charge in [-0.05, 0) is 19.1 Å². The zero-order valence-electron chi connectivity index (χ0n) is 20.2. The van der Waals surface area contributed by atoms with E-state index in [1.54, 1.807) is 5.10 Å². The van der Waals surface area contributed by atoms with Crippen molar-refractivity contribution in [2.24, 2.45) is 0 Å². The fourth-order valence-electron chi connectivity index (χ4n) is 3.89. The van der Waals surface area contributed by atoms with Crippen molar-refractivity contribution in [3.05, 3.63) is 74.8 Å². The highest BCUT2D eigenvalue weighted by Gasteiger charge is 2.38. The third kappa shape index (κ3) is 5.86. The molecule has 15 heteroatoms.